The van der Waals surface area contributed by atoms with Gasteiger partial charge in [0.15, 0.2) is 8.38 Å². The summed E-state index contributed by atoms with van der Waals surface area (Å²) >= 11 is 0. The molecule has 4 nitrogen and oxygen atoms in total. The predicted molar refractivity (Wildman–Crippen MR) is 67.4 cm³/mol. The maximum Gasteiger partial charge on any atom is 0.167 e. The number of rotatable bonds is 10. The summed E-state index contributed by atoms with van der Waals surface area (Å²) < 4.78 is 10.9. The van der Waals surface area contributed by atoms with Crippen LogP contribution in [0.3, 0.4) is 0 Å². The van der Waals surface area contributed by atoms with Crippen LogP contribution in [-0.2, 0) is 9.05 Å². The van der Waals surface area contributed by atoms with Crippen LogP contribution >= 0.6 is 8.38 Å². The molecule has 0 aromatic heterocycles. The van der Waals surface area contributed by atoms with Gasteiger partial charge in [-0.15, -0.1) is 0 Å². The molecule has 1 unspecified atom stereocenters. The molecule has 0 N–H and O–H groups in total. The van der Waals surface area contributed by atoms with Gasteiger partial charge in [-0.05, 0) is 19.5 Å². The molecule has 5 heteroatoms. The lowest BCUT2D eigenvalue weighted by Gasteiger charge is -2.20. The van der Waals surface area contributed by atoms with Gasteiger partial charge in [0, 0.05) is 13.2 Å². The zero-order chi connectivity index (χ0) is 12.2. The molecule has 0 radical (unpaired) electrons. The second-order valence-corrected chi connectivity index (χ2v) is 4.84. The molecule has 1 atom stereocenters. The van der Waals surface area contributed by atoms with Gasteiger partial charge in [-0.2, -0.15) is 5.26 Å². The molecule has 0 aromatic carbocycles. The van der Waals surface area contributed by atoms with E-state index in [4.69, 9.17) is 14.3 Å². The molecule has 0 aliphatic heterocycles. The quantitative estimate of drug-likeness (QED) is 0.439. The van der Waals surface area contributed by atoms with Crippen molar-refractivity contribution in [2.24, 2.45) is 0 Å². The molecule has 0 heterocycles. The Bertz CT molecular complexity index is 197. The number of likely N-dealkylation sites (N-methyl/N-ethyl adjacent to an activating group) is 1. The highest BCUT2D eigenvalue weighted by Gasteiger charge is 2.05. The summed E-state index contributed by atoms with van der Waals surface area (Å²) in [5, 5.41) is 8.35. The maximum atomic E-state index is 8.35. The zero-order valence-corrected chi connectivity index (χ0v) is 11.5. The minimum absolute atomic E-state index is 0.437. The molecular formula is C11H23N2O2P. The SMILES string of the molecule is CCCN(CC)CCOP(C)OCCC#N. The lowest BCUT2D eigenvalue weighted by Crippen LogP contribution is -2.27. The monoisotopic (exact) mass is 246 g/mol. The minimum atomic E-state index is -0.815. The minimum Gasteiger partial charge on any atom is -0.333 e. The molecule has 0 saturated heterocycles. The molecule has 0 aliphatic rings. The lowest BCUT2D eigenvalue weighted by atomic mass is 10.4. The number of nitrogens with zero attached hydrogens (tertiary/aromatic N) is 2. The average molecular weight is 246 g/mol. The Morgan fingerprint density at radius 2 is 1.88 bits per heavy atom. The Hall–Kier alpha value is -0.200. The van der Waals surface area contributed by atoms with Gasteiger partial charge in [-0.1, -0.05) is 13.8 Å². The van der Waals surface area contributed by atoms with Gasteiger partial charge >= 0.3 is 0 Å². The van der Waals surface area contributed by atoms with Gasteiger partial charge in [0.1, 0.15) is 0 Å². The van der Waals surface area contributed by atoms with E-state index in [1.54, 1.807) is 0 Å². The van der Waals surface area contributed by atoms with Crippen LogP contribution in [0.25, 0.3) is 0 Å². The first-order chi connectivity index (χ1) is 7.74. The fourth-order valence-corrected chi connectivity index (χ4v) is 2.06. The van der Waals surface area contributed by atoms with Crippen LogP contribution in [0.1, 0.15) is 26.7 Å². The van der Waals surface area contributed by atoms with Gasteiger partial charge < -0.3 is 13.9 Å². The molecule has 0 rings (SSSR count). The van der Waals surface area contributed by atoms with Crippen molar-refractivity contribution in [2.45, 2.75) is 26.7 Å². The summed E-state index contributed by atoms with van der Waals surface area (Å²) in [4.78, 5) is 2.36. The summed E-state index contributed by atoms with van der Waals surface area (Å²) in [6, 6.07) is 2.04. The van der Waals surface area contributed by atoms with Gasteiger partial charge in [-0.25, -0.2) is 0 Å². The molecule has 0 amide bonds. The first-order valence-electron chi connectivity index (χ1n) is 5.83. The van der Waals surface area contributed by atoms with E-state index in [9.17, 15) is 0 Å². The Labute approximate surface area is 100 Å². The summed E-state index contributed by atoms with van der Waals surface area (Å²) in [7, 11) is -0.815. The van der Waals surface area contributed by atoms with Gasteiger partial charge in [0.05, 0.1) is 25.7 Å². The number of hydrogen-bond donors (Lipinski definition) is 0. The van der Waals surface area contributed by atoms with Crippen molar-refractivity contribution in [1.29, 1.82) is 5.26 Å². The highest BCUT2D eigenvalue weighted by atomic mass is 31.2. The third-order valence-corrected chi connectivity index (χ3v) is 3.25. The van der Waals surface area contributed by atoms with Crippen LogP contribution in [0.5, 0.6) is 0 Å². The van der Waals surface area contributed by atoms with Crippen molar-refractivity contribution in [3.05, 3.63) is 0 Å². The first-order valence-corrected chi connectivity index (χ1v) is 7.45. The zero-order valence-electron chi connectivity index (χ0n) is 10.6. The third-order valence-electron chi connectivity index (χ3n) is 2.15. The summed E-state index contributed by atoms with van der Waals surface area (Å²) in [6.07, 6.45) is 1.61. The largest absolute Gasteiger partial charge is 0.333 e. The van der Waals surface area contributed by atoms with Crippen molar-refractivity contribution in [3.63, 3.8) is 0 Å². The molecule has 0 aliphatic carbocycles. The Balaban J connectivity index is 3.44. The van der Waals surface area contributed by atoms with Crippen molar-refractivity contribution >= 4 is 8.38 Å². The van der Waals surface area contributed by atoms with Crippen LogP contribution in [-0.4, -0.2) is 44.4 Å². The maximum absolute atomic E-state index is 8.35. The average Bonchev–Trinajstić information content (AvgIpc) is 2.28. The van der Waals surface area contributed by atoms with Crippen molar-refractivity contribution in [1.82, 2.24) is 4.90 Å². The van der Waals surface area contributed by atoms with Crippen molar-refractivity contribution in [2.75, 3.05) is 39.5 Å². The topological polar surface area (TPSA) is 45.5 Å². The van der Waals surface area contributed by atoms with Crippen LogP contribution in [0.2, 0.25) is 0 Å². The van der Waals surface area contributed by atoms with Crippen LogP contribution in [0.4, 0.5) is 0 Å². The Morgan fingerprint density at radius 3 is 2.44 bits per heavy atom. The molecule has 94 valence electrons. The molecule has 0 saturated carbocycles. The van der Waals surface area contributed by atoms with E-state index in [1.807, 2.05) is 12.7 Å². The van der Waals surface area contributed by atoms with E-state index in [0.717, 1.165) is 19.6 Å². The highest BCUT2D eigenvalue weighted by Crippen LogP contribution is 2.32. The van der Waals surface area contributed by atoms with E-state index in [2.05, 4.69) is 18.7 Å². The molecule has 0 aromatic rings. The predicted octanol–water partition coefficient (Wildman–Crippen LogP) is 2.61. The Morgan fingerprint density at radius 1 is 1.19 bits per heavy atom. The fraction of sp³-hybridized carbons (Fsp3) is 0.909. The Kier molecular flexibility index (Phi) is 11.1. The normalized spacial score (nSPS) is 12.7. The molecular weight excluding hydrogens is 223 g/mol. The second kappa shape index (κ2) is 11.3. The summed E-state index contributed by atoms with van der Waals surface area (Å²) in [5.41, 5.74) is 0. The summed E-state index contributed by atoms with van der Waals surface area (Å²) in [5.74, 6) is 0. The highest BCUT2D eigenvalue weighted by molar-refractivity contribution is 7.46. The van der Waals surface area contributed by atoms with Gasteiger partial charge in [-0.3, -0.25) is 0 Å². The molecule has 0 spiro atoms. The van der Waals surface area contributed by atoms with E-state index < -0.39 is 8.38 Å². The third kappa shape index (κ3) is 9.06. The van der Waals surface area contributed by atoms with Crippen molar-refractivity contribution < 1.29 is 9.05 Å². The molecule has 16 heavy (non-hydrogen) atoms. The number of nitriles is 1. The lowest BCUT2D eigenvalue weighted by molar-refractivity contribution is 0.202. The second-order valence-electron chi connectivity index (χ2n) is 3.45. The van der Waals surface area contributed by atoms with Crippen molar-refractivity contribution in [3.8, 4) is 6.07 Å². The number of hydrogen-bond acceptors (Lipinski definition) is 4. The standard InChI is InChI=1S/C11H23N2O2P/c1-4-8-13(5-2)9-11-15-16(3)14-10-6-7-12/h4-6,8-11H2,1-3H3. The molecule has 0 fully saturated rings. The van der Waals surface area contributed by atoms with E-state index in [1.165, 1.54) is 6.42 Å². The summed E-state index contributed by atoms with van der Waals surface area (Å²) in [6.45, 7) is 10.6. The van der Waals surface area contributed by atoms with Crippen LogP contribution in [0, 0.1) is 11.3 Å². The van der Waals surface area contributed by atoms with Crippen LogP contribution in [0.15, 0.2) is 0 Å². The molecule has 0 bridgehead atoms. The van der Waals surface area contributed by atoms with E-state index in [-0.39, 0.29) is 0 Å². The smallest absolute Gasteiger partial charge is 0.167 e. The van der Waals surface area contributed by atoms with Gasteiger partial charge in [0.25, 0.3) is 0 Å². The van der Waals surface area contributed by atoms with Crippen LogP contribution < -0.4 is 0 Å². The van der Waals surface area contributed by atoms with Gasteiger partial charge in [0.2, 0.25) is 0 Å². The van der Waals surface area contributed by atoms with E-state index >= 15 is 0 Å². The fourth-order valence-electron chi connectivity index (χ4n) is 1.30. The van der Waals surface area contributed by atoms with E-state index in [0.29, 0.717) is 19.6 Å². The first kappa shape index (κ1) is 15.8.